The Morgan fingerprint density at radius 2 is 1.68 bits per heavy atom. The molecule has 0 aliphatic carbocycles. The Labute approximate surface area is 241 Å². The second kappa shape index (κ2) is 13.5. The fourth-order valence-electron chi connectivity index (χ4n) is 4.60. The summed E-state index contributed by atoms with van der Waals surface area (Å²) in [5.74, 6) is -1.63. The van der Waals surface area contributed by atoms with Gasteiger partial charge in [0.25, 0.3) is 5.91 Å². The summed E-state index contributed by atoms with van der Waals surface area (Å²) < 4.78 is 5.40. The molecule has 3 atom stereocenters. The van der Waals surface area contributed by atoms with E-state index in [1.54, 1.807) is 52.0 Å². The molecule has 3 aromatic carbocycles. The highest BCUT2D eigenvalue weighted by Crippen LogP contribution is 2.33. The third kappa shape index (κ3) is 7.98. The molecule has 0 saturated heterocycles. The number of phenols is 1. The van der Waals surface area contributed by atoms with Gasteiger partial charge in [0.1, 0.15) is 23.4 Å². The van der Waals surface area contributed by atoms with Crippen molar-refractivity contribution in [1.82, 2.24) is 10.2 Å². The number of carbonyl (C=O) groups is 3. The number of amides is 3. The number of alkyl carbamates (subject to hydrolysis) is 1. The van der Waals surface area contributed by atoms with Crippen LogP contribution in [0.2, 0.25) is 0 Å². The van der Waals surface area contributed by atoms with Gasteiger partial charge in [-0.3, -0.25) is 9.59 Å². The number of aliphatic hydroxyl groups excluding tert-OH is 1. The number of nitrogens with one attached hydrogen (secondary N) is 2. The molecule has 0 aromatic heterocycles. The van der Waals surface area contributed by atoms with Crippen molar-refractivity contribution in [1.29, 1.82) is 0 Å². The second-order valence-corrected chi connectivity index (χ2v) is 11.2. The van der Waals surface area contributed by atoms with E-state index in [9.17, 15) is 24.6 Å². The van der Waals surface area contributed by atoms with E-state index in [4.69, 9.17) is 4.74 Å². The Kier molecular flexibility index (Phi) is 10.3. The molecule has 3 aromatic rings. The van der Waals surface area contributed by atoms with Crippen molar-refractivity contribution < 1.29 is 29.3 Å². The molecule has 220 valence electrons. The first-order valence-electron chi connectivity index (χ1n) is 13.8. The van der Waals surface area contributed by atoms with Gasteiger partial charge in [-0.15, -0.1) is 0 Å². The first-order chi connectivity index (χ1) is 19.4. The Balaban J connectivity index is 2.06. The fourth-order valence-corrected chi connectivity index (χ4v) is 4.60. The van der Waals surface area contributed by atoms with Crippen LogP contribution in [-0.2, 0) is 14.3 Å². The topological polar surface area (TPSA) is 128 Å². The number of aryl methyl sites for hydroxylation is 1. The highest BCUT2D eigenvalue weighted by molar-refractivity contribution is 6.00. The summed E-state index contributed by atoms with van der Waals surface area (Å²) in [6.07, 6.45) is -0.223. The minimum absolute atomic E-state index is 0.137. The van der Waals surface area contributed by atoms with Crippen LogP contribution in [-0.4, -0.2) is 57.8 Å². The number of anilines is 1. The van der Waals surface area contributed by atoms with Gasteiger partial charge in [-0.1, -0.05) is 68.8 Å². The predicted molar refractivity (Wildman–Crippen MR) is 160 cm³/mol. The molecule has 4 N–H and O–H groups in total. The van der Waals surface area contributed by atoms with E-state index < -0.39 is 42.2 Å². The predicted octanol–water partition coefficient (Wildman–Crippen LogP) is 5.29. The molecule has 0 aliphatic heterocycles. The standard InChI is InChI=1S/C32H41N3O6/c1-7-20(2)26(34-31(40)41-32(4,5)6)30(39)35(17-18-36)27(25-14-10-11-21(3)28(25)37)29(38)33-24-16-15-22-12-8-9-13-23(22)19-24/h8-16,19-20,26-27,36-37H,7,17-18H2,1-6H3,(H,33,38)(H,34,40). The van der Waals surface area contributed by atoms with Crippen LogP contribution in [0.1, 0.15) is 58.2 Å². The average molecular weight is 564 g/mol. The molecule has 9 nitrogen and oxygen atoms in total. The second-order valence-electron chi connectivity index (χ2n) is 11.2. The van der Waals surface area contributed by atoms with E-state index in [0.29, 0.717) is 17.7 Å². The maximum atomic E-state index is 14.2. The number of hydrogen-bond donors (Lipinski definition) is 4. The number of phenolic OH excluding ortho intramolecular Hbond substituents is 1. The van der Waals surface area contributed by atoms with E-state index >= 15 is 0 Å². The first-order valence-corrected chi connectivity index (χ1v) is 13.8. The van der Waals surface area contributed by atoms with E-state index in [0.717, 1.165) is 10.8 Å². The lowest BCUT2D eigenvalue weighted by Crippen LogP contribution is -2.55. The summed E-state index contributed by atoms with van der Waals surface area (Å²) in [6, 6.07) is 15.8. The van der Waals surface area contributed by atoms with Crippen molar-refractivity contribution >= 4 is 34.4 Å². The van der Waals surface area contributed by atoms with Crippen LogP contribution >= 0.6 is 0 Å². The van der Waals surface area contributed by atoms with E-state index in [1.807, 2.05) is 50.2 Å². The van der Waals surface area contributed by atoms with Crippen molar-refractivity contribution in [3.8, 4) is 5.75 Å². The Morgan fingerprint density at radius 3 is 2.32 bits per heavy atom. The molecule has 41 heavy (non-hydrogen) atoms. The summed E-state index contributed by atoms with van der Waals surface area (Å²) >= 11 is 0. The highest BCUT2D eigenvalue weighted by atomic mass is 16.6. The van der Waals surface area contributed by atoms with Gasteiger partial charge >= 0.3 is 6.09 Å². The molecule has 3 rings (SSSR count). The third-order valence-corrected chi connectivity index (χ3v) is 6.92. The molecular weight excluding hydrogens is 522 g/mol. The van der Waals surface area contributed by atoms with Crippen LogP contribution in [0.25, 0.3) is 10.8 Å². The number of hydrogen-bond acceptors (Lipinski definition) is 6. The average Bonchev–Trinajstić information content (AvgIpc) is 2.91. The molecule has 3 amide bonds. The van der Waals surface area contributed by atoms with Crippen molar-refractivity contribution in [3.63, 3.8) is 0 Å². The molecule has 0 fully saturated rings. The number of ether oxygens (including phenoxy) is 1. The van der Waals surface area contributed by atoms with Gasteiger partial charge < -0.3 is 30.5 Å². The van der Waals surface area contributed by atoms with Crippen molar-refractivity contribution in [2.45, 2.75) is 65.6 Å². The summed E-state index contributed by atoms with van der Waals surface area (Å²) in [7, 11) is 0. The Morgan fingerprint density at radius 1 is 1.00 bits per heavy atom. The summed E-state index contributed by atoms with van der Waals surface area (Å²) in [5, 5.41) is 28.5. The zero-order valence-electron chi connectivity index (χ0n) is 24.6. The van der Waals surface area contributed by atoms with Crippen LogP contribution in [0, 0.1) is 12.8 Å². The van der Waals surface area contributed by atoms with E-state index in [1.165, 1.54) is 4.90 Å². The Hall–Kier alpha value is -4.11. The van der Waals surface area contributed by atoms with Gasteiger partial charge in [0.05, 0.1) is 6.61 Å². The highest BCUT2D eigenvalue weighted by Gasteiger charge is 2.39. The summed E-state index contributed by atoms with van der Waals surface area (Å²) in [4.78, 5) is 42.1. The lowest BCUT2D eigenvalue weighted by molar-refractivity contribution is -0.142. The lowest BCUT2D eigenvalue weighted by atomic mass is 9.95. The molecule has 0 saturated carbocycles. The van der Waals surface area contributed by atoms with Gasteiger partial charge in [-0.2, -0.15) is 0 Å². The minimum atomic E-state index is -1.31. The molecule has 0 aliphatic rings. The van der Waals surface area contributed by atoms with Gasteiger partial charge in [0.15, 0.2) is 0 Å². The number of aliphatic hydroxyl groups is 1. The maximum Gasteiger partial charge on any atom is 0.408 e. The molecule has 0 radical (unpaired) electrons. The monoisotopic (exact) mass is 563 g/mol. The number of rotatable bonds is 10. The molecule has 0 bridgehead atoms. The SMILES string of the molecule is CCC(C)C(NC(=O)OC(C)(C)C)C(=O)N(CCO)C(C(=O)Nc1ccc2ccccc2c1)c1cccc(C)c1O. The van der Waals surface area contributed by atoms with Gasteiger partial charge in [-0.25, -0.2) is 4.79 Å². The molecule has 0 heterocycles. The van der Waals surface area contributed by atoms with Crippen LogP contribution in [0.5, 0.6) is 5.75 Å². The van der Waals surface area contributed by atoms with E-state index in [-0.39, 0.29) is 23.8 Å². The number of fused-ring (bicyclic) bond motifs is 1. The van der Waals surface area contributed by atoms with Crippen LogP contribution < -0.4 is 10.6 Å². The maximum absolute atomic E-state index is 14.2. The van der Waals surface area contributed by atoms with Crippen LogP contribution in [0.3, 0.4) is 0 Å². The molecule has 0 spiro atoms. The third-order valence-electron chi connectivity index (χ3n) is 6.92. The summed E-state index contributed by atoms with van der Waals surface area (Å²) in [6.45, 7) is 9.89. The zero-order chi connectivity index (χ0) is 30.3. The van der Waals surface area contributed by atoms with Gasteiger partial charge in [0.2, 0.25) is 5.91 Å². The molecule has 9 heteroatoms. The zero-order valence-corrected chi connectivity index (χ0v) is 24.6. The van der Waals surface area contributed by atoms with Crippen molar-refractivity contribution in [2.24, 2.45) is 5.92 Å². The first kappa shape index (κ1) is 31.4. The minimum Gasteiger partial charge on any atom is -0.507 e. The fraction of sp³-hybridized carbons (Fsp3) is 0.406. The smallest absolute Gasteiger partial charge is 0.408 e. The largest absolute Gasteiger partial charge is 0.507 e. The normalized spacial score (nSPS) is 13.6. The van der Waals surface area contributed by atoms with Gasteiger partial charge in [-0.05, 0) is 62.1 Å². The molecule has 3 unspecified atom stereocenters. The molecular formula is C32H41N3O6. The number of para-hydroxylation sites is 1. The number of aromatic hydroxyl groups is 1. The van der Waals surface area contributed by atoms with Crippen LogP contribution in [0.15, 0.2) is 60.7 Å². The Bertz CT molecular complexity index is 1380. The van der Waals surface area contributed by atoms with Crippen molar-refractivity contribution in [3.05, 3.63) is 71.8 Å². The van der Waals surface area contributed by atoms with E-state index in [2.05, 4.69) is 10.6 Å². The van der Waals surface area contributed by atoms with Crippen molar-refractivity contribution in [2.75, 3.05) is 18.5 Å². The quantitative estimate of drug-likeness (QED) is 0.265. The number of nitrogens with zero attached hydrogens (tertiary/aromatic N) is 1. The number of carbonyl (C=O) groups excluding carboxylic acids is 3. The lowest BCUT2D eigenvalue weighted by Gasteiger charge is -2.36. The summed E-state index contributed by atoms with van der Waals surface area (Å²) in [5.41, 5.74) is 0.443. The van der Waals surface area contributed by atoms with Gasteiger partial charge in [0, 0.05) is 17.8 Å². The van der Waals surface area contributed by atoms with Crippen LogP contribution in [0.4, 0.5) is 10.5 Å². The number of benzene rings is 3.